The van der Waals surface area contributed by atoms with Gasteiger partial charge in [-0.15, -0.1) is 0 Å². The van der Waals surface area contributed by atoms with Gasteiger partial charge in [0.25, 0.3) is 0 Å². The lowest BCUT2D eigenvalue weighted by Crippen LogP contribution is -2.32. The monoisotopic (exact) mass is 318 g/mol. The van der Waals surface area contributed by atoms with Crippen LogP contribution in [-0.4, -0.2) is 16.7 Å². The van der Waals surface area contributed by atoms with E-state index >= 15 is 0 Å². The summed E-state index contributed by atoms with van der Waals surface area (Å²) < 4.78 is 0. The highest BCUT2D eigenvalue weighted by molar-refractivity contribution is 6.15. The second-order valence-electron chi connectivity index (χ2n) is 6.18. The summed E-state index contributed by atoms with van der Waals surface area (Å²) in [5.41, 5.74) is 3.01. The number of anilines is 1. The Morgan fingerprint density at radius 3 is 2.46 bits per heavy atom. The SMILES string of the molecule is N=C1c2ccccc2C(C2=C(O)CCCC2=O)N1c1ccccc1. The molecule has 120 valence electrons. The van der Waals surface area contributed by atoms with E-state index in [2.05, 4.69) is 0 Å². The molecule has 0 radical (unpaired) electrons. The molecule has 0 amide bonds. The molecule has 2 aromatic rings. The van der Waals surface area contributed by atoms with E-state index in [1.54, 1.807) is 0 Å². The minimum Gasteiger partial charge on any atom is -0.512 e. The van der Waals surface area contributed by atoms with Gasteiger partial charge in [0.05, 0.1) is 11.6 Å². The van der Waals surface area contributed by atoms with Crippen LogP contribution in [0.1, 0.15) is 36.4 Å². The van der Waals surface area contributed by atoms with Crippen LogP contribution in [0.4, 0.5) is 5.69 Å². The number of benzene rings is 2. The minimum absolute atomic E-state index is 0.0193. The molecule has 24 heavy (non-hydrogen) atoms. The number of amidine groups is 1. The standard InChI is InChI=1S/C20H18N2O2/c21-20-15-10-5-4-9-14(15)19(18-16(23)11-6-12-17(18)24)22(20)13-7-2-1-3-8-13/h1-5,7-10,19,21,23H,6,11-12H2. The average molecular weight is 318 g/mol. The first kappa shape index (κ1) is 14.7. The summed E-state index contributed by atoms with van der Waals surface area (Å²) in [6, 6.07) is 16.8. The molecule has 4 heteroatoms. The molecule has 1 aliphatic carbocycles. The van der Waals surface area contributed by atoms with E-state index in [1.165, 1.54) is 0 Å². The zero-order valence-electron chi connectivity index (χ0n) is 13.2. The van der Waals surface area contributed by atoms with Gasteiger partial charge in [-0.3, -0.25) is 10.2 Å². The summed E-state index contributed by atoms with van der Waals surface area (Å²) in [6.45, 7) is 0. The Hall–Kier alpha value is -2.88. The van der Waals surface area contributed by atoms with Crippen LogP contribution in [0.15, 0.2) is 65.9 Å². The number of Topliss-reactive ketones (excluding diaryl/α,β-unsaturated/α-hetero) is 1. The lowest BCUT2D eigenvalue weighted by atomic mass is 9.87. The average Bonchev–Trinajstić information content (AvgIpc) is 2.89. The summed E-state index contributed by atoms with van der Waals surface area (Å²) in [4.78, 5) is 14.4. The Balaban J connectivity index is 1.93. The molecule has 1 unspecified atom stereocenters. The van der Waals surface area contributed by atoms with Crippen LogP contribution in [0.25, 0.3) is 0 Å². The van der Waals surface area contributed by atoms with Gasteiger partial charge in [-0.25, -0.2) is 0 Å². The maximum Gasteiger partial charge on any atom is 0.164 e. The Morgan fingerprint density at radius 2 is 1.71 bits per heavy atom. The zero-order chi connectivity index (χ0) is 16.7. The van der Waals surface area contributed by atoms with E-state index in [4.69, 9.17) is 5.41 Å². The Labute approximate surface area is 140 Å². The lowest BCUT2D eigenvalue weighted by molar-refractivity contribution is -0.116. The molecule has 0 aromatic heterocycles. The van der Waals surface area contributed by atoms with E-state index in [0.29, 0.717) is 30.7 Å². The first-order valence-electron chi connectivity index (χ1n) is 8.16. The summed E-state index contributed by atoms with van der Waals surface area (Å²) in [6.07, 6.45) is 1.66. The molecular weight excluding hydrogens is 300 g/mol. The third-order valence-corrected chi connectivity index (χ3v) is 4.75. The van der Waals surface area contributed by atoms with Crippen molar-refractivity contribution in [2.45, 2.75) is 25.3 Å². The van der Waals surface area contributed by atoms with Crippen LogP contribution >= 0.6 is 0 Å². The number of nitrogens with one attached hydrogen (secondary N) is 1. The number of allylic oxidation sites excluding steroid dienone is 1. The van der Waals surface area contributed by atoms with Gasteiger partial charge in [0, 0.05) is 24.1 Å². The third-order valence-electron chi connectivity index (χ3n) is 4.75. The highest BCUT2D eigenvalue weighted by atomic mass is 16.3. The fourth-order valence-electron chi connectivity index (χ4n) is 3.66. The molecule has 1 aliphatic heterocycles. The Bertz CT molecular complexity index is 855. The predicted molar refractivity (Wildman–Crippen MR) is 93.4 cm³/mol. The van der Waals surface area contributed by atoms with E-state index in [-0.39, 0.29) is 11.5 Å². The van der Waals surface area contributed by atoms with Crippen LogP contribution < -0.4 is 4.90 Å². The van der Waals surface area contributed by atoms with E-state index < -0.39 is 6.04 Å². The Morgan fingerprint density at radius 1 is 1.00 bits per heavy atom. The number of rotatable bonds is 2. The number of hydrogen-bond acceptors (Lipinski definition) is 3. The summed E-state index contributed by atoms with van der Waals surface area (Å²) in [5.74, 6) is 0.511. The highest BCUT2D eigenvalue weighted by Crippen LogP contribution is 2.44. The summed E-state index contributed by atoms with van der Waals surface area (Å²) in [7, 11) is 0. The summed E-state index contributed by atoms with van der Waals surface area (Å²) in [5, 5.41) is 19.1. The van der Waals surface area contributed by atoms with Crippen molar-refractivity contribution >= 4 is 17.3 Å². The minimum atomic E-state index is -0.427. The van der Waals surface area contributed by atoms with Gasteiger partial charge in [-0.2, -0.15) is 0 Å². The molecule has 2 aliphatic rings. The molecule has 1 atom stereocenters. The topological polar surface area (TPSA) is 64.4 Å². The van der Waals surface area contributed by atoms with E-state index in [1.807, 2.05) is 59.5 Å². The predicted octanol–water partition coefficient (Wildman–Crippen LogP) is 4.14. The van der Waals surface area contributed by atoms with E-state index in [9.17, 15) is 9.90 Å². The van der Waals surface area contributed by atoms with Crippen molar-refractivity contribution in [2.75, 3.05) is 4.90 Å². The molecule has 0 bridgehead atoms. The van der Waals surface area contributed by atoms with Crippen molar-refractivity contribution in [1.82, 2.24) is 0 Å². The molecule has 2 aromatic carbocycles. The van der Waals surface area contributed by atoms with Crippen molar-refractivity contribution < 1.29 is 9.90 Å². The van der Waals surface area contributed by atoms with Crippen LogP contribution in [0.3, 0.4) is 0 Å². The van der Waals surface area contributed by atoms with Gasteiger partial charge >= 0.3 is 0 Å². The van der Waals surface area contributed by atoms with Gasteiger partial charge in [0.1, 0.15) is 11.6 Å². The third kappa shape index (κ3) is 2.14. The maximum atomic E-state index is 12.6. The Kier molecular flexibility index (Phi) is 3.45. The fourth-order valence-corrected chi connectivity index (χ4v) is 3.66. The molecule has 2 N–H and O–H groups in total. The van der Waals surface area contributed by atoms with Crippen molar-refractivity contribution in [3.8, 4) is 0 Å². The lowest BCUT2D eigenvalue weighted by Gasteiger charge is -2.30. The molecule has 4 nitrogen and oxygen atoms in total. The van der Waals surface area contributed by atoms with Crippen LogP contribution in [0, 0.1) is 5.41 Å². The largest absolute Gasteiger partial charge is 0.512 e. The molecule has 0 fully saturated rings. The zero-order valence-corrected chi connectivity index (χ0v) is 13.2. The van der Waals surface area contributed by atoms with Gasteiger partial charge in [0.15, 0.2) is 5.78 Å². The normalized spacial score (nSPS) is 20.5. The fraction of sp³-hybridized carbons (Fsp3) is 0.200. The first-order valence-corrected chi connectivity index (χ1v) is 8.16. The maximum absolute atomic E-state index is 12.6. The van der Waals surface area contributed by atoms with Crippen molar-refractivity contribution in [3.63, 3.8) is 0 Å². The molecule has 0 spiro atoms. The molecular formula is C20H18N2O2. The summed E-state index contributed by atoms with van der Waals surface area (Å²) >= 11 is 0. The number of hydrogen-bond donors (Lipinski definition) is 2. The molecule has 1 heterocycles. The van der Waals surface area contributed by atoms with Gasteiger partial charge in [-0.05, 0) is 24.1 Å². The molecule has 0 saturated carbocycles. The van der Waals surface area contributed by atoms with Gasteiger partial charge < -0.3 is 10.0 Å². The van der Waals surface area contributed by atoms with Gasteiger partial charge in [-0.1, -0.05) is 42.5 Å². The van der Waals surface area contributed by atoms with Crippen molar-refractivity contribution in [3.05, 3.63) is 77.1 Å². The van der Waals surface area contributed by atoms with Crippen LogP contribution in [-0.2, 0) is 4.79 Å². The number of fused-ring (bicyclic) bond motifs is 1. The van der Waals surface area contributed by atoms with E-state index in [0.717, 1.165) is 16.8 Å². The number of aliphatic hydroxyl groups excluding tert-OH is 1. The van der Waals surface area contributed by atoms with Crippen molar-refractivity contribution in [2.24, 2.45) is 0 Å². The number of carbonyl (C=O) groups excluding carboxylic acids is 1. The molecule has 4 rings (SSSR count). The number of nitrogens with zero attached hydrogens (tertiary/aromatic N) is 1. The number of ketones is 1. The first-order chi connectivity index (χ1) is 11.7. The number of carbonyl (C=O) groups is 1. The van der Waals surface area contributed by atoms with Gasteiger partial charge in [0.2, 0.25) is 0 Å². The smallest absolute Gasteiger partial charge is 0.164 e. The van der Waals surface area contributed by atoms with Crippen LogP contribution in [0.5, 0.6) is 0 Å². The number of para-hydroxylation sites is 1. The highest BCUT2D eigenvalue weighted by Gasteiger charge is 2.41. The quantitative estimate of drug-likeness (QED) is 0.874. The van der Waals surface area contributed by atoms with Crippen molar-refractivity contribution in [1.29, 1.82) is 5.41 Å². The second-order valence-corrected chi connectivity index (χ2v) is 6.18. The molecule has 0 saturated heterocycles. The van der Waals surface area contributed by atoms with Crippen LogP contribution in [0.2, 0.25) is 0 Å². The number of aliphatic hydroxyl groups is 1. The second kappa shape index (κ2) is 5.64.